The van der Waals surface area contributed by atoms with Gasteiger partial charge in [-0.1, -0.05) is 34.8 Å². The summed E-state index contributed by atoms with van der Waals surface area (Å²) in [4.78, 5) is 22.4. The van der Waals surface area contributed by atoms with Crippen LogP contribution in [0.1, 0.15) is 12.0 Å². The highest BCUT2D eigenvalue weighted by Gasteiger charge is 2.24. The first-order valence-corrected chi connectivity index (χ1v) is 5.80. The fraction of sp³-hybridized carbons (Fsp3) is 0.0909. The maximum absolute atomic E-state index is 11.4. The Morgan fingerprint density at radius 1 is 1.12 bits per heavy atom. The Hall–Kier alpha value is -1.03. The first kappa shape index (κ1) is 12.4. The minimum absolute atomic E-state index is 0.0258. The van der Waals surface area contributed by atoms with Crippen LogP contribution in [0.5, 0.6) is 0 Å². The van der Waals surface area contributed by atoms with Crippen LogP contribution in [0.3, 0.4) is 0 Å². The molecule has 0 bridgehead atoms. The lowest BCUT2D eigenvalue weighted by Gasteiger charge is -2.04. The number of carbonyl (C=O) groups is 2. The second kappa shape index (κ2) is 4.69. The smallest absolute Gasteiger partial charge is 0.254 e. The molecular formula is C11H6Cl3NO2. The van der Waals surface area contributed by atoms with Crippen LogP contribution in [0.4, 0.5) is 0 Å². The van der Waals surface area contributed by atoms with Gasteiger partial charge in [0.15, 0.2) is 0 Å². The van der Waals surface area contributed by atoms with Crippen molar-refractivity contribution in [2.45, 2.75) is 6.42 Å². The van der Waals surface area contributed by atoms with Gasteiger partial charge >= 0.3 is 0 Å². The van der Waals surface area contributed by atoms with E-state index in [1.165, 1.54) is 6.08 Å². The topological polar surface area (TPSA) is 46.2 Å². The molecule has 0 aliphatic carbocycles. The molecule has 0 radical (unpaired) electrons. The van der Waals surface area contributed by atoms with Crippen molar-refractivity contribution in [1.82, 2.24) is 5.32 Å². The zero-order valence-electron chi connectivity index (χ0n) is 8.39. The van der Waals surface area contributed by atoms with Crippen molar-refractivity contribution < 1.29 is 9.59 Å². The first-order chi connectivity index (χ1) is 7.99. The average molecular weight is 291 g/mol. The van der Waals surface area contributed by atoms with Crippen LogP contribution < -0.4 is 5.32 Å². The minimum atomic E-state index is -0.429. The number of hydrogen-bond acceptors (Lipinski definition) is 2. The number of carbonyl (C=O) groups excluding carboxylic acids is 2. The van der Waals surface area contributed by atoms with Gasteiger partial charge in [-0.3, -0.25) is 14.9 Å². The van der Waals surface area contributed by atoms with Crippen LogP contribution >= 0.6 is 34.8 Å². The molecule has 1 aromatic rings. The van der Waals surface area contributed by atoms with Gasteiger partial charge in [0.25, 0.3) is 5.91 Å². The molecule has 17 heavy (non-hydrogen) atoms. The molecule has 1 aliphatic heterocycles. The van der Waals surface area contributed by atoms with Gasteiger partial charge in [-0.15, -0.1) is 0 Å². The predicted octanol–water partition coefficient (Wildman–Crippen LogP) is 3.08. The number of hydrogen-bond donors (Lipinski definition) is 1. The summed E-state index contributed by atoms with van der Waals surface area (Å²) in [5.74, 6) is -0.766. The minimum Gasteiger partial charge on any atom is -0.292 e. The molecule has 1 N–H and O–H groups in total. The summed E-state index contributed by atoms with van der Waals surface area (Å²) in [6.07, 6.45) is 1.51. The lowest BCUT2D eigenvalue weighted by atomic mass is 10.1. The van der Waals surface area contributed by atoms with E-state index in [0.29, 0.717) is 21.2 Å². The van der Waals surface area contributed by atoms with E-state index < -0.39 is 5.91 Å². The second-order valence-corrected chi connectivity index (χ2v) is 4.67. The quantitative estimate of drug-likeness (QED) is 0.491. The lowest BCUT2D eigenvalue weighted by Crippen LogP contribution is -2.19. The van der Waals surface area contributed by atoms with Gasteiger partial charge in [-0.2, -0.15) is 0 Å². The maximum Gasteiger partial charge on any atom is 0.254 e. The zero-order valence-corrected chi connectivity index (χ0v) is 10.7. The Kier molecular flexibility index (Phi) is 3.43. The number of rotatable bonds is 1. The Balaban J connectivity index is 2.49. The molecular weight excluding hydrogens is 284 g/mol. The van der Waals surface area contributed by atoms with Gasteiger partial charge in [0.05, 0.1) is 16.5 Å². The summed E-state index contributed by atoms with van der Waals surface area (Å²) < 4.78 is 0. The molecule has 1 saturated heterocycles. The van der Waals surface area contributed by atoms with Gasteiger partial charge < -0.3 is 0 Å². The largest absolute Gasteiger partial charge is 0.292 e. The van der Waals surface area contributed by atoms with E-state index in [1.807, 2.05) is 0 Å². The van der Waals surface area contributed by atoms with Crippen LogP contribution in [0.15, 0.2) is 17.7 Å². The highest BCUT2D eigenvalue weighted by atomic mass is 35.5. The molecule has 1 aliphatic rings. The van der Waals surface area contributed by atoms with Crippen molar-refractivity contribution in [1.29, 1.82) is 0 Å². The summed E-state index contributed by atoms with van der Waals surface area (Å²) in [5, 5.41) is 3.15. The average Bonchev–Trinajstić information content (AvgIpc) is 2.58. The number of halogens is 3. The van der Waals surface area contributed by atoms with Crippen molar-refractivity contribution in [2.75, 3.05) is 0 Å². The Morgan fingerprint density at radius 2 is 1.76 bits per heavy atom. The van der Waals surface area contributed by atoms with Gasteiger partial charge in [-0.05, 0) is 18.2 Å². The van der Waals surface area contributed by atoms with E-state index in [-0.39, 0.29) is 17.4 Å². The number of amides is 2. The lowest BCUT2D eigenvalue weighted by molar-refractivity contribution is -0.124. The molecule has 0 spiro atoms. The van der Waals surface area contributed by atoms with E-state index in [2.05, 4.69) is 5.32 Å². The first-order valence-electron chi connectivity index (χ1n) is 4.67. The van der Waals surface area contributed by atoms with E-state index in [9.17, 15) is 9.59 Å². The normalized spacial score (nSPS) is 17.7. The van der Waals surface area contributed by atoms with Crippen molar-refractivity contribution in [3.05, 3.63) is 38.3 Å². The summed E-state index contributed by atoms with van der Waals surface area (Å²) in [7, 11) is 0. The number of nitrogens with one attached hydrogen (secondary N) is 1. The highest BCUT2D eigenvalue weighted by molar-refractivity contribution is 6.44. The van der Waals surface area contributed by atoms with Gasteiger partial charge in [0.1, 0.15) is 0 Å². The van der Waals surface area contributed by atoms with Crippen molar-refractivity contribution in [3.63, 3.8) is 0 Å². The van der Waals surface area contributed by atoms with Crippen LogP contribution in [-0.4, -0.2) is 11.8 Å². The standard InChI is InChI=1S/C11H6Cl3NO2/c12-7-1-2-8(13)10(14)6(7)3-5-4-9(16)15-11(5)17/h1-3H,4H2,(H,15,16,17)/b5-3-. The van der Waals surface area contributed by atoms with Gasteiger partial charge in [-0.25, -0.2) is 0 Å². The van der Waals surface area contributed by atoms with Crippen molar-refractivity contribution >= 4 is 52.7 Å². The molecule has 2 rings (SSSR count). The Morgan fingerprint density at radius 3 is 2.35 bits per heavy atom. The van der Waals surface area contributed by atoms with E-state index in [4.69, 9.17) is 34.8 Å². The molecule has 3 nitrogen and oxygen atoms in total. The van der Waals surface area contributed by atoms with E-state index >= 15 is 0 Å². The number of benzene rings is 1. The van der Waals surface area contributed by atoms with Crippen LogP contribution in [0, 0.1) is 0 Å². The summed E-state index contributed by atoms with van der Waals surface area (Å²) in [6, 6.07) is 3.14. The summed E-state index contributed by atoms with van der Waals surface area (Å²) in [5.41, 5.74) is 0.766. The van der Waals surface area contributed by atoms with E-state index in [0.717, 1.165) is 0 Å². The third kappa shape index (κ3) is 2.46. The molecule has 2 amide bonds. The van der Waals surface area contributed by atoms with E-state index in [1.54, 1.807) is 12.1 Å². The third-order valence-electron chi connectivity index (χ3n) is 2.29. The molecule has 0 aromatic heterocycles. The molecule has 0 atom stereocenters. The third-order valence-corrected chi connectivity index (χ3v) is 3.44. The fourth-order valence-corrected chi connectivity index (χ4v) is 2.11. The molecule has 0 unspecified atom stereocenters. The fourth-order valence-electron chi connectivity index (χ4n) is 1.47. The van der Waals surface area contributed by atoms with Crippen molar-refractivity contribution in [2.24, 2.45) is 0 Å². The highest BCUT2D eigenvalue weighted by Crippen LogP contribution is 2.33. The Bertz CT molecular complexity index is 552. The molecule has 1 aromatic carbocycles. The molecule has 1 fully saturated rings. The number of imide groups is 1. The van der Waals surface area contributed by atoms with Crippen LogP contribution in [0.25, 0.3) is 6.08 Å². The summed E-state index contributed by atoms with van der Waals surface area (Å²) >= 11 is 17.8. The van der Waals surface area contributed by atoms with Crippen LogP contribution in [-0.2, 0) is 9.59 Å². The maximum atomic E-state index is 11.4. The zero-order chi connectivity index (χ0) is 12.6. The van der Waals surface area contributed by atoms with Crippen molar-refractivity contribution in [3.8, 4) is 0 Å². The molecule has 1 heterocycles. The Labute approximate surface area is 112 Å². The van der Waals surface area contributed by atoms with Crippen LogP contribution in [0.2, 0.25) is 15.1 Å². The second-order valence-electron chi connectivity index (χ2n) is 3.48. The van der Waals surface area contributed by atoms with Gasteiger partial charge in [0.2, 0.25) is 5.91 Å². The monoisotopic (exact) mass is 289 g/mol. The predicted molar refractivity (Wildman–Crippen MR) is 67.2 cm³/mol. The molecule has 0 saturated carbocycles. The van der Waals surface area contributed by atoms with Gasteiger partial charge in [0, 0.05) is 16.2 Å². The SMILES string of the molecule is O=C1C/C(=C/c2c(Cl)ccc(Cl)c2Cl)C(=O)N1. The molecule has 88 valence electrons. The summed E-state index contributed by atoms with van der Waals surface area (Å²) in [6.45, 7) is 0. The molecule has 6 heteroatoms.